The number of nitrogen functional groups attached to an aromatic ring is 1. The van der Waals surface area contributed by atoms with E-state index in [0.29, 0.717) is 30.5 Å². The van der Waals surface area contributed by atoms with Crippen molar-refractivity contribution < 1.29 is 9.47 Å². The standard InChI is InChI=1S/C20H29N6O2P/c1-6-28-13-7-8-14(15(9-13)27-5)26-18(21)16-12(3)24-25-19(17(16)20(26)29)23-10-11(2)22-4/h7-9,11,22H,6,10,21,29H2,1-5H3,(H,23,25). The van der Waals surface area contributed by atoms with Gasteiger partial charge in [-0.15, -0.1) is 5.10 Å². The molecule has 29 heavy (non-hydrogen) atoms. The Morgan fingerprint density at radius 3 is 2.69 bits per heavy atom. The van der Waals surface area contributed by atoms with Crippen LogP contribution in [0.1, 0.15) is 19.5 Å². The van der Waals surface area contributed by atoms with E-state index >= 15 is 0 Å². The second-order valence-corrected chi connectivity index (χ2v) is 7.37. The SMILES string of the molecule is CCOc1ccc(-n2c(N)c3c(C)nnc(NCC(C)NC)c3c2P)c(OC)c1. The van der Waals surface area contributed by atoms with Crippen molar-refractivity contribution in [2.75, 3.05) is 38.4 Å². The maximum absolute atomic E-state index is 6.60. The Hall–Kier alpha value is -2.57. The van der Waals surface area contributed by atoms with Crippen LogP contribution in [0.5, 0.6) is 11.5 Å². The summed E-state index contributed by atoms with van der Waals surface area (Å²) in [5.41, 5.74) is 9.08. The molecule has 1 aromatic carbocycles. The van der Waals surface area contributed by atoms with Gasteiger partial charge in [0, 0.05) is 18.7 Å². The highest BCUT2D eigenvalue weighted by molar-refractivity contribution is 7.28. The highest BCUT2D eigenvalue weighted by Gasteiger charge is 2.22. The van der Waals surface area contributed by atoms with E-state index in [9.17, 15) is 0 Å². The molecule has 0 bridgehead atoms. The first-order valence-electron chi connectivity index (χ1n) is 9.57. The van der Waals surface area contributed by atoms with Crippen LogP contribution in [0, 0.1) is 6.92 Å². The van der Waals surface area contributed by atoms with Gasteiger partial charge in [0.2, 0.25) is 0 Å². The number of anilines is 2. The average molecular weight is 416 g/mol. The zero-order chi connectivity index (χ0) is 21.1. The molecular formula is C20H29N6O2P. The molecule has 8 nitrogen and oxygen atoms in total. The summed E-state index contributed by atoms with van der Waals surface area (Å²) in [6.45, 7) is 7.26. The third kappa shape index (κ3) is 3.95. The number of aromatic nitrogens is 3. The molecule has 2 aromatic heterocycles. The molecule has 0 saturated heterocycles. The van der Waals surface area contributed by atoms with Gasteiger partial charge < -0.3 is 25.8 Å². The fourth-order valence-electron chi connectivity index (χ4n) is 3.27. The molecule has 0 fully saturated rings. The normalized spacial score (nSPS) is 12.2. The Morgan fingerprint density at radius 2 is 2.03 bits per heavy atom. The number of fused-ring (bicyclic) bond motifs is 1. The summed E-state index contributed by atoms with van der Waals surface area (Å²) in [5, 5.41) is 17.1. The number of hydrogen-bond donors (Lipinski definition) is 3. The summed E-state index contributed by atoms with van der Waals surface area (Å²) in [7, 11) is 6.35. The van der Waals surface area contributed by atoms with Crippen LogP contribution in [-0.2, 0) is 0 Å². The largest absolute Gasteiger partial charge is 0.494 e. The summed E-state index contributed by atoms with van der Waals surface area (Å²) in [6, 6.07) is 6.00. The smallest absolute Gasteiger partial charge is 0.158 e. The lowest BCUT2D eigenvalue weighted by atomic mass is 10.2. The monoisotopic (exact) mass is 416 g/mol. The van der Waals surface area contributed by atoms with E-state index in [1.807, 2.05) is 43.7 Å². The number of hydrogen-bond acceptors (Lipinski definition) is 7. The second kappa shape index (κ2) is 8.84. The van der Waals surface area contributed by atoms with Crippen LogP contribution >= 0.6 is 9.24 Å². The van der Waals surface area contributed by atoms with Gasteiger partial charge in [-0.2, -0.15) is 5.10 Å². The molecule has 0 aliphatic heterocycles. The van der Waals surface area contributed by atoms with Gasteiger partial charge in [-0.25, -0.2) is 0 Å². The highest BCUT2D eigenvalue weighted by Crippen LogP contribution is 2.36. The lowest BCUT2D eigenvalue weighted by Crippen LogP contribution is -2.29. The molecule has 0 amide bonds. The Bertz CT molecular complexity index is 1020. The van der Waals surface area contributed by atoms with Crippen molar-refractivity contribution >= 4 is 37.1 Å². The minimum atomic E-state index is 0.284. The van der Waals surface area contributed by atoms with Crippen molar-refractivity contribution in [1.29, 1.82) is 0 Å². The third-order valence-electron chi connectivity index (χ3n) is 4.91. The highest BCUT2D eigenvalue weighted by atomic mass is 31.0. The molecule has 3 rings (SSSR count). The molecule has 0 spiro atoms. The molecule has 2 atom stereocenters. The number of rotatable bonds is 8. The van der Waals surface area contributed by atoms with Crippen molar-refractivity contribution in [3.05, 3.63) is 23.9 Å². The fraction of sp³-hybridized carbons (Fsp3) is 0.400. The van der Waals surface area contributed by atoms with Gasteiger partial charge in [0.15, 0.2) is 5.82 Å². The number of methoxy groups -OCH3 is 1. The van der Waals surface area contributed by atoms with E-state index in [1.165, 1.54) is 0 Å². The number of nitrogens with one attached hydrogen (secondary N) is 2. The molecule has 156 valence electrons. The predicted molar refractivity (Wildman–Crippen MR) is 122 cm³/mol. The molecule has 0 aliphatic rings. The summed E-state index contributed by atoms with van der Waals surface area (Å²) >= 11 is 0. The Kier molecular flexibility index (Phi) is 6.45. The zero-order valence-corrected chi connectivity index (χ0v) is 18.7. The maximum Gasteiger partial charge on any atom is 0.158 e. The lowest BCUT2D eigenvalue weighted by Gasteiger charge is -2.15. The average Bonchev–Trinajstić information content (AvgIpc) is 2.99. The number of nitrogens with two attached hydrogens (primary N) is 1. The molecule has 3 aromatic rings. The van der Waals surface area contributed by atoms with Crippen LogP contribution in [0.4, 0.5) is 11.6 Å². The van der Waals surface area contributed by atoms with Crippen molar-refractivity contribution in [3.63, 3.8) is 0 Å². The van der Waals surface area contributed by atoms with E-state index < -0.39 is 0 Å². The Morgan fingerprint density at radius 1 is 1.28 bits per heavy atom. The first-order valence-corrected chi connectivity index (χ1v) is 10.2. The van der Waals surface area contributed by atoms with Gasteiger partial charge in [-0.05, 0) is 40.0 Å². The molecule has 0 aliphatic carbocycles. The van der Waals surface area contributed by atoms with Crippen molar-refractivity contribution in [1.82, 2.24) is 20.1 Å². The summed E-state index contributed by atoms with van der Waals surface area (Å²) in [4.78, 5) is 0. The summed E-state index contributed by atoms with van der Waals surface area (Å²) in [5.74, 6) is 2.71. The summed E-state index contributed by atoms with van der Waals surface area (Å²) < 4.78 is 13.2. The zero-order valence-electron chi connectivity index (χ0n) is 17.5. The number of likely N-dealkylation sites (N-methyl/N-ethyl adjacent to an activating group) is 1. The number of nitrogens with zero attached hydrogens (tertiary/aromatic N) is 3. The van der Waals surface area contributed by atoms with Crippen LogP contribution in [0.2, 0.25) is 0 Å². The van der Waals surface area contributed by atoms with Crippen molar-refractivity contribution in [2.45, 2.75) is 26.8 Å². The van der Waals surface area contributed by atoms with Crippen LogP contribution in [-0.4, -0.2) is 48.1 Å². The van der Waals surface area contributed by atoms with E-state index in [0.717, 1.165) is 33.3 Å². The minimum absolute atomic E-state index is 0.284. The Balaban J connectivity index is 2.19. The molecule has 0 radical (unpaired) electrons. The fourth-order valence-corrected chi connectivity index (χ4v) is 3.83. The van der Waals surface area contributed by atoms with Crippen molar-refractivity contribution in [2.24, 2.45) is 0 Å². The first kappa shape index (κ1) is 21.1. The number of aryl methyl sites for hydroxylation is 1. The molecule has 9 heteroatoms. The van der Waals surface area contributed by atoms with Gasteiger partial charge in [0.05, 0.1) is 41.3 Å². The number of ether oxygens (including phenoxy) is 2. The predicted octanol–water partition coefficient (Wildman–Crippen LogP) is 2.24. The van der Waals surface area contributed by atoms with Crippen LogP contribution in [0.25, 0.3) is 16.5 Å². The molecule has 4 N–H and O–H groups in total. The second-order valence-electron chi connectivity index (χ2n) is 6.83. The van der Waals surface area contributed by atoms with E-state index in [2.05, 4.69) is 37.0 Å². The van der Waals surface area contributed by atoms with Gasteiger partial charge in [0.1, 0.15) is 17.3 Å². The van der Waals surface area contributed by atoms with E-state index in [1.54, 1.807) is 7.11 Å². The van der Waals surface area contributed by atoms with Crippen LogP contribution < -0.4 is 31.3 Å². The lowest BCUT2D eigenvalue weighted by molar-refractivity contribution is 0.336. The van der Waals surface area contributed by atoms with Crippen molar-refractivity contribution in [3.8, 4) is 17.2 Å². The quantitative estimate of drug-likeness (QED) is 0.484. The summed E-state index contributed by atoms with van der Waals surface area (Å²) in [6.07, 6.45) is 0. The Labute approximate surface area is 173 Å². The van der Waals surface area contributed by atoms with Gasteiger partial charge >= 0.3 is 0 Å². The van der Waals surface area contributed by atoms with Gasteiger partial charge in [-0.3, -0.25) is 4.57 Å². The van der Waals surface area contributed by atoms with Gasteiger partial charge in [-0.1, -0.05) is 9.24 Å². The van der Waals surface area contributed by atoms with Gasteiger partial charge in [0.25, 0.3) is 0 Å². The number of benzene rings is 1. The van der Waals surface area contributed by atoms with Crippen LogP contribution in [0.15, 0.2) is 18.2 Å². The molecule has 0 saturated carbocycles. The third-order valence-corrected chi connectivity index (χ3v) is 5.46. The molecule has 2 unspecified atom stereocenters. The maximum atomic E-state index is 6.60. The minimum Gasteiger partial charge on any atom is -0.494 e. The molecular weight excluding hydrogens is 387 g/mol. The molecule has 2 heterocycles. The van der Waals surface area contributed by atoms with E-state index in [-0.39, 0.29) is 6.04 Å². The van der Waals surface area contributed by atoms with E-state index in [4.69, 9.17) is 15.2 Å². The van der Waals surface area contributed by atoms with Crippen LogP contribution in [0.3, 0.4) is 0 Å². The topological polar surface area (TPSA) is 99.3 Å². The first-order chi connectivity index (χ1) is 13.9.